The summed E-state index contributed by atoms with van der Waals surface area (Å²) in [5.41, 5.74) is 2.44. The second kappa shape index (κ2) is 8.72. The first-order valence-electron chi connectivity index (χ1n) is 8.49. The van der Waals surface area contributed by atoms with Crippen LogP contribution in [0.25, 0.3) is 0 Å². The van der Waals surface area contributed by atoms with Crippen LogP contribution in [0, 0.1) is 6.92 Å². The van der Waals surface area contributed by atoms with E-state index in [-0.39, 0.29) is 5.91 Å². The molecule has 0 spiro atoms. The van der Waals surface area contributed by atoms with Crippen molar-refractivity contribution in [3.63, 3.8) is 0 Å². The Morgan fingerprint density at radius 2 is 1.46 bits per heavy atom. The van der Waals surface area contributed by atoms with E-state index in [1.807, 2.05) is 79.7 Å². The topological polar surface area (TPSA) is 47.6 Å². The van der Waals surface area contributed by atoms with Crippen molar-refractivity contribution in [2.75, 3.05) is 18.5 Å². The van der Waals surface area contributed by atoms with Crippen LogP contribution in [-0.4, -0.2) is 19.1 Å². The fourth-order valence-electron chi connectivity index (χ4n) is 2.41. The van der Waals surface area contributed by atoms with Gasteiger partial charge >= 0.3 is 0 Å². The molecule has 0 bridgehead atoms. The van der Waals surface area contributed by atoms with Crippen molar-refractivity contribution >= 4 is 11.6 Å². The van der Waals surface area contributed by atoms with E-state index in [9.17, 15) is 4.79 Å². The maximum absolute atomic E-state index is 12.3. The van der Waals surface area contributed by atoms with Gasteiger partial charge in [-0.1, -0.05) is 42.0 Å². The van der Waals surface area contributed by atoms with Gasteiger partial charge in [0.25, 0.3) is 5.91 Å². The molecule has 0 heterocycles. The van der Waals surface area contributed by atoms with Gasteiger partial charge in [0.05, 0.1) is 0 Å². The number of anilines is 1. The van der Waals surface area contributed by atoms with Crippen molar-refractivity contribution in [1.29, 1.82) is 0 Å². The van der Waals surface area contributed by atoms with Gasteiger partial charge in [-0.25, -0.2) is 0 Å². The van der Waals surface area contributed by atoms with E-state index in [2.05, 4.69) is 5.32 Å². The van der Waals surface area contributed by atoms with Crippen molar-refractivity contribution in [1.82, 2.24) is 0 Å². The smallest absolute Gasteiger partial charge is 0.255 e. The third kappa shape index (κ3) is 5.11. The molecule has 0 unspecified atom stereocenters. The van der Waals surface area contributed by atoms with Gasteiger partial charge in [0.1, 0.15) is 24.7 Å². The fraction of sp³-hybridized carbons (Fsp3) is 0.136. The Morgan fingerprint density at radius 1 is 0.808 bits per heavy atom. The molecule has 0 aliphatic rings. The molecule has 4 heteroatoms. The lowest BCUT2D eigenvalue weighted by molar-refractivity contribution is 0.102. The summed E-state index contributed by atoms with van der Waals surface area (Å²) in [4.78, 5) is 12.3. The third-order valence-electron chi connectivity index (χ3n) is 3.77. The molecule has 3 rings (SSSR count). The molecule has 26 heavy (non-hydrogen) atoms. The van der Waals surface area contributed by atoms with Crippen LogP contribution in [0.5, 0.6) is 11.5 Å². The van der Waals surface area contributed by atoms with Gasteiger partial charge in [-0.05, 0) is 43.3 Å². The molecule has 4 nitrogen and oxygen atoms in total. The van der Waals surface area contributed by atoms with Crippen LogP contribution in [-0.2, 0) is 0 Å². The number of para-hydroxylation sites is 1. The first-order valence-corrected chi connectivity index (χ1v) is 8.49. The summed E-state index contributed by atoms with van der Waals surface area (Å²) in [7, 11) is 0. The zero-order chi connectivity index (χ0) is 18.2. The highest BCUT2D eigenvalue weighted by atomic mass is 16.5. The number of ether oxygens (including phenoxy) is 2. The van der Waals surface area contributed by atoms with Crippen molar-refractivity contribution in [3.05, 3.63) is 90.0 Å². The number of nitrogens with one attached hydrogen (secondary N) is 1. The number of aryl methyl sites for hydroxylation is 1. The molecule has 132 valence electrons. The van der Waals surface area contributed by atoms with Gasteiger partial charge in [0.2, 0.25) is 0 Å². The summed E-state index contributed by atoms with van der Waals surface area (Å²) in [5, 5.41) is 2.88. The second-order valence-electron chi connectivity index (χ2n) is 5.86. The van der Waals surface area contributed by atoms with Gasteiger partial charge in [-0.3, -0.25) is 4.79 Å². The van der Waals surface area contributed by atoms with Crippen molar-refractivity contribution < 1.29 is 14.3 Å². The molecular weight excluding hydrogens is 326 g/mol. The molecule has 0 aromatic heterocycles. The highest BCUT2D eigenvalue weighted by Gasteiger charge is 2.06. The minimum Gasteiger partial charge on any atom is -0.490 e. The Bertz CT molecular complexity index is 845. The van der Waals surface area contributed by atoms with Gasteiger partial charge in [0, 0.05) is 17.3 Å². The van der Waals surface area contributed by atoms with Crippen molar-refractivity contribution in [3.8, 4) is 11.5 Å². The van der Waals surface area contributed by atoms with Crippen LogP contribution < -0.4 is 14.8 Å². The first kappa shape index (κ1) is 17.5. The van der Waals surface area contributed by atoms with Crippen LogP contribution in [0.3, 0.4) is 0 Å². The van der Waals surface area contributed by atoms with Crippen LogP contribution >= 0.6 is 0 Å². The van der Waals surface area contributed by atoms with Gasteiger partial charge in [0.15, 0.2) is 0 Å². The first-order chi connectivity index (χ1) is 12.7. The molecule has 0 saturated carbocycles. The Kier molecular flexibility index (Phi) is 5.88. The quantitative estimate of drug-likeness (QED) is 0.630. The third-order valence-corrected chi connectivity index (χ3v) is 3.77. The lowest BCUT2D eigenvalue weighted by atomic mass is 10.1. The summed E-state index contributed by atoms with van der Waals surface area (Å²) < 4.78 is 11.3. The van der Waals surface area contributed by atoms with E-state index in [0.717, 1.165) is 11.3 Å². The molecule has 1 N–H and O–H groups in total. The largest absolute Gasteiger partial charge is 0.490 e. The van der Waals surface area contributed by atoms with E-state index < -0.39 is 0 Å². The van der Waals surface area contributed by atoms with Crippen molar-refractivity contribution in [2.45, 2.75) is 6.92 Å². The Balaban J connectivity index is 1.51. The second-order valence-corrected chi connectivity index (χ2v) is 5.86. The summed E-state index contributed by atoms with van der Waals surface area (Å²) >= 11 is 0. The molecule has 0 aliphatic heterocycles. The van der Waals surface area contributed by atoms with E-state index >= 15 is 0 Å². The summed E-state index contributed by atoms with van der Waals surface area (Å²) in [5.74, 6) is 1.35. The number of rotatable bonds is 7. The van der Waals surface area contributed by atoms with Crippen LogP contribution in [0.1, 0.15) is 15.9 Å². The Morgan fingerprint density at radius 3 is 2.19 bits per heavy atom. The maximum Gasteiger partial charge on any atom is 0.255 e. The van der Waals surface area contributed by atoms with Gasteiger partial charge in [-0.15, -0.1) is 0 Å². The van der Waals surface area contributed by atoms with E-state index in [4.69, 9.17) is 9.47 Å². The molecule has 3 aromatic carbocycles. The number of amides is 1. The average molecular weight is 347 g/mol. The molecule has 1 amide bonds. The summed E-state index contributed by atoms with van der Waals surface area (Å²) in [6.07, 6.45) is 0. The normalized spacial score (nSPS) is 10.2. The fourth-order valence-corrected chi connectivity index (χ4v) is 2.41. The molecule has 0 atom stereocenters. The predicted molar refractivity (Wildman–Crippen MR) is 103 cm³/mol. The maximum atomic E-state index is 12.3. The standard InChI is InChI=1S/C22H21NO3/c1-17-10-12-18(13-11-17)22(24)23-19-6-5-9-21(16-19)26-15-14-25-20-7-3-2-4-8-20/h2-13,16H,14-15H2,1H3,(H,23,24). The zero-order valence-corrected chi connectivity index (χ0v) is 14.6. The number of hydrogen-bond donors (Lipinski definition) is 1. The monoisotopic (exact) mass is 347 g/mol. The molecular formula is C22H21NO3. The van der Waals surface area contributed by atoms with Gasteiger partial charge in [-0.2, -0.15) is 0 Å². The molecule has 0 saturated heterocycles. The predicted octanol–water partition coefficient (Wildman–Crippen LogP) is 4.71. The molecule has 0 fully saturated rings. The van der Waals surface area contributed by atoms with Gasteiger partial charge < -0.3 is 14.8 Å². The summed E-state index contributed by atoms with van der Waals surface area (Å²) in [6, 6.07) is 24.4. The minimum absolute atomic E-state index is 0.144. The van der Waals surface area contributed by atoms with Crippen LogP contribution in [0.15, 0.2) is 78.9 Å². The van der Waals surface area contributed by atoms with E-state index in [1.165, 1.54) is 0 Å². The number of hydrogen-bond acceptors (Lipinski definition) is 3. The SMILES string of the molecule is Cc1ccc(C(=O)Nc2cccc(OCCOc3ccccc3)c2)cc1. The average Bonchev–Trinajstić information content (AvgIpc) is 2.67. The lowest BCUT2D eigenvalue weighted by Crippen LogP contribution is -2.12. The van der Waals surface area contributed by atoms with Crippen LogP contribution in [0.4, 0.5) is 5.69 Å². The molecule has 3 aromatic rings. The molecule has 0 radical (unpaired) electrons. The zero-order valence-electron chi connectivity index (χ0n) is 14.6. The molecule has 0 aliphatic carbocycles. The highest BCUT2D eigenvalue weighted by molar-refractivity contribution is 6.04. The number of benzene rings is 3. The summed E-state index contributed by atoms with van der Waals surface area (Å²) in [6.45, 7) is 2.86. The van der Waals surface area contributed by atoms with E-state index in [1.54, 1.807) is 6.07 Å². The minimum atomic E-state index is -0.144. The lowest BCUT2D eigenvalue weighted by Gasteiger charge is -2.10. The Labute approximate surface area is 153 Å². The van der Waals surface area contributed by atoms with E-state index in [0.29, 0.717) is 30.2 Å². The number of carbonyl (C=O) groups excluding carboxylic acids is 1. The highest BCUT2D eigenvalue weighted by Crippen LogP contribution is 2.18. The number of carbonyl (C=O) groups is 1. The Hall–Kier alpha value is -3.27. The van der Waals surface area contributed by atoms with Crippen LogP contribution in [0.2, 0.25) is 0 Å². The van der Waals surface area contributed by atoms with Crippen molar-refractivity contribution in [2.24, 2.45) is 0 Å².